The molecule has 1 aromatic rings. The summed E-state index contributed by atoms with van der Waals surface area (Å²) < 4.78 is 11.2. The topological polar surface area (TPSA) is 47.6 Å². The molecule has 0 radical (unpaired) electrons. The number of carbonyl (C=O) groups is 1. The Kier molecular flexibility index (Phi) is 7.07. The van der Waals surface area contributed by atoms with Crippen molar-refractivity contribution in [2.24, 2.45) is 11.8 Å². The molecule has 0 bridgehead atoms. The van der Waals surface area contributed by atoms with Gasteiger partial charge in [0.2, 0.25) is 0 Å². The van der Waals surface area contributed by atoms with E-state index in [-0.39, 0.29) is 5.91 Å². The molecule has 0 aliphatic rings. The van der Waals surface area contributed by atoms with E-state index in [2.05, 4.69) is 33.0 Å². The van der Waals surface area contributed by atoms with Crippen LogP contribution in [0, 0.1) is 18.8 Å². The normalized spacial score (nSPS) is 14.0. The van der Waals surface area contributed by atoms with E-state index in [0.29, 0.717) is 24.9 Å². The number of ether oxygens (including phenoxy) is 2. The summed E-state index contributed by atoms with van der Waals surface area (Å²) in [7, 11) is 1.58. The standard InChI is InChI=1S/C19H31NO3/c1-13(2)11-19(6,22-7)18(21)20-16-8-9-17(15(5)10-16)23-12-14(3)4/h8-10,13-14H,11-12H2,1-7H3,(H,20,21)/t19-/m1/s1. The van der Waals surface area contributed by atoms with Gasteiger partial charge < -0.3 is 14.8 Å². The molecule has 0 saturated heterocycles. The van der Waals surface area contributed by atoms with E-state index in [1.54, 1.807) is 7.11 Å². The number of benzene rings is 1. The van der Waals surface area contributed by atoms with Gasteiger partial charge in [-0.25, -0.2) is 0 Å². The highest BCUT2D eigenvalue weighted by Gasteiger charge is 2.33. The van der Waals surface area contributed by atoms with Gasteiger partial charge in [-0.05, 0) is 55.9 Å². The summed E-state index contributed by atoms with van der Waals surface area (Å²) in [5.74, 6) is 1.59. The Morgan fingerprint density at radius 1 is 1.22 bits per heavy atom. The smallest absolute Gasteiger partial charge is 0.256 e. The van der Waals surface area contributed by atoms with Crippen LogP contribution in [0.4, 0.5) is 5.69 Å². The summed E-state index contributed by atoms with van der Waals surface area (Å²) >= 11 is 0. The Morgan fingerprint density at radius 2 is 1.87 bits per heavy atom. The lowest BCUT2D eigenvalue weighted by Gasteiger charge is -2.28. The zero-order chi connectivity index (χ0) is 17.6. The highest BCUT2D eigenvalue weighted by atomic mass is 16.5. The second-order valence-corrected chi connectivity index (χ2v) is 7.17. The van der Waals surface area contributed by atoms with Crippen molar-refractivity contribution in [3.63, 3.8) is 0 Å². The molecule has 1 atom stereocenters. The third-order valence-electron chi connectivity index (χ3n) is 3.73. The Bertz CT molecular complexity index is 525. The second-order valence-electron chi connectivity index (χ2n) is 7.17. The molecule has 23 heavy (non-hydrogen) atoms. The fourth-order valence-electron chi connectivity index (χ4n) is 2.46. The minimum atomic E-state index is -0.825. The van der Waals surface area contributed by atoms with Crippen molar-refractivity contribution in [1.29, 1.82) is 0 Å². The Labute approximate surface area is 140 Å². The number of amides is 1. The zero-order valence-electron chi connectivity index (χ0n) is 15.5. The van der Waals surface area contributed by atoms with Gasteiger partial charge in [0.05, 0.1) is 6.61 Å². The van der Waals surface area contributed by atoms with Crippen molar-refractivity contribution in [3.8, 4) is 5.75 Å². The predicted octanol–water partition coefficient (Wildman–Crippen LogP) is 4.42. The molecule has 130 valence electrons. The van der Waals surface area contributed by atoms with E-state index < -0.39 is 5.60 Å². The highest BCUT2D eigenvalue weighted by molar-refractivity contribution is 5.97. The van der Waals surface area contributed by atoms with Gasteiger partial charge in [-0.1, -0.05) is 27.7 Å². The summed E-state index contributed by atoms with van der Waals surface area (Å²) in [6, 6.07) is 5.70. The van der Waals surface area contributed by atoms with Crippen LogP contribution in [-0.4, -0.2) is 25.2 Å². The Hall–Kier alpha value is -1.55. The zero-order valence-corrected chi connectivity index (χ0v) is 15.5. The molecule has 4 nitrogen and oxygen atoms in total. The Morgan fingerprint density at radius 3 is 2.35 bits per heavy atom. The third-order valence-corrected chi connectivity index (χ3v) is 3.73. The van der Waals surface area contributed by atoms with Gasteiger partial charge in [0, 0.05) is 12.8 Å². The van der Waals surface area contributed by atoms with Crippen LogP contribution in [0.5, 0.6) is 5.75 Å². The maximum absolute atomic E-state index is 12.5. The molecule has 0 saturated carbocycles. The van der Waals surface area contributed by atoms with E-state index in [9.17, 15) is 4.79 Å². The first kappa shape index (κ1) is 19.5. The van der Waals surface area contributed by atoms with Crippen molar-refractivity contribution in [1.82, 2.24) is 0 Å². The van der Waals surface area contributed by atoms with E-state index >= 15 is 0 Å². The lowest BCUT2D eigenvalue weighted by Crippen LogP contribution is -2.43. The van der Waals surface area contributed by atoms with Gasteiger partial charge in [-0.2, -0.15) is 0 Å². The van der Waals surface area contributed by atoms with Crippen LogP contribution in [0.2, 0.25) is 0 Å². The van der Waals surface area contributed by atoms with Crippen molar-refractivity contribution < 1.29 is 14.3 Å². The van der Waals surface area contributed by atoms with Gasteiger partial charge in [0.15, 0.2) is 0 Å². The predicted molar refractivity (Wildman–Crippen MR) is 95.0 cm³/mol. The lowest BCUT2D eigenvalue weighted by molar-refractivity contribution is -0.137. The first-order chi connectivity index (χ1) is 10.7. The molecular weight excluding hydrogens is 290 g/mol. The van der Waals surface area contributed by atoms with Gasteiger partial charge in [0.25, 0.3) is 5.91 Å². The van der Waals surface area contributed by atoms with Crippen molar-refractivity contribution >= 4 is 11.6 Å². The molecule has 0 fully saturated rings. The van der Waals surface area contributed by atoms with E-state index in [1.807, 2.05) is 32.0 Å². The number of carbonyl (C=O) groups excluding carboxylic acids is 1. The molecule has 1 N–H and O–H groups in total. The number of anilines is 1. The van der Waals surface area contributed by atoms with Crippen LogP contribution in [-0.2, 0) is 9.53 Å². The molecular formula is C19H31NO3. The number of nitrogens with one attached hydrogen (secondary N) is 1. The summed E-state index contributed by atoms with van der Waals surface area (Å²) in [5.41, 5.74) is 0.942. The maximum atomic E-state index is 12.5. The van der Waals surface area contributed by atoms with Crippen LogP contribution >= 0.6 is 0 Å². The van der Waals surface area contributed by atoms with Gasteiger partial charge in [-0.3, -0.25) is 4.79 Å². The third kappa shape index (κ3) is 5.87. The summed E-state index contributed by atoms with van der Waals surface area (Å²) in [5, 5.41) is 2.95. The van der Waals surface area contributed by atoms with E-state index in [4.69, 9.17) is 9.47 Å². The van der Waals surface area contributed by atoms with Gasteiger partial charge in [0.1, 0.15) is 11.4 Å². The van der Waals surface area contributed by atoms with Crippen molar-refractivity contribution in [2.75, 3.05) is 19.0 Å². The summed E-state index contributed by atoms with van der Waals surface area (Å²) in [6.07, 6.45) is 0.671. The van der Waals surface area contributed by atoms with Crippen LogP contribution in [0.3, 0.4) is 0 Å². The molecule has 1 aromatic carbocycles. The average Bonchev–Trinajstić information content (AvgIpc) is 2.45. The van der Waals surface area contributed by atoms with Gasteiger partial charge in [-0.15, -0.1) is 0 Å². The number of methoxy groups -OCH3 is 1. The van der Waals surface area contributed by atoms with E-state index in [1.165, 1.54) is 0 Å². The first-order valence-corrected chi connectivity index (χ1v) is 8.28. The largest absolute Gasteiger partial charge is 0.493 e. The molecule has 1 amide bonds. The minimum absolute atomic E-state index is 0.121. The summed E-state index contributed by atoms with van der Waals surface area (Å²) in [4.78, 5) is 12.5. The molecule has 0 aliphatic heterocycles. The molecule has 1 rings (SSSR count). The fraction of sp³-hybridized carbons (Fsp3) is 0.632. The summed E-state index contributed by atoms with van der Waals surface area (Å²) in [6.45, 7) is 12.9. The molecule has 0 aromatic heterocycles. The number of rotatable bonds is 8. The number of hydrogen-bond acceptors (Lipinski definition) is 3. The lowest BCUT2D eigenvalue weighted by atomic mass is 9.93. The molecule has 0 aliphatic carbocycles. The SMILES string of the molecule is CO[C@](C)(CC(C)C)C(=O)Nc1ccc(OCC(C)C)c(C)c1. The van der Waals surface area contributed by atoms with Crippen molar-refractivity contribution in [3.05, 3.63) is 23.8 Å². The van der Waals surface area contributed by atoms with Crippen LogP contribution in [0.1, 0.15) is 46.6 Å². The number of hydrogen-bond donors (Lipinski definition) is 1. The maximum Gasteiger partial charge on any atom is 0.256 e. The second kappa shape index (κ2) is 8.34. The van der Waals surface area contributed by atoms with E-state index in [0.717, 1.165) is 17.0 Å². The molecule has 0 unspecified atom stereocenters. The highest BCUT2D eigenvalue weighted by Crippen LogP contribution is 2.25. The quantitative estimate of drug-likeness (QED) is 0.771. The van der Waals surface area contributed by atoms with Gasteiger partial charge >= 0.3 is 0 Å². The number of aryl methyl sites for hydroxylation is 1. The van der Waals surface area contributed by atoms with Crippen LogP contribution in [0.15, 0.2) is 18.2 Å². The first-order valence-electron chi connectivity index (χ1n) is 8.28. The fourth-order valence-corrected chi connectivity index (χ4v) is 2.46. The monoisotopic (exact) mass is 321 g/mol. The molecule has 4 heteroatoms. The molecule has 0 heterocycles. The average molecular weight is 321 g/mol. The molecule has 0 spiro atoms. The minimum Gasteiger partial charge on any atom is -0.493 e. The van der Waals surface area contributed by atoms with Crippen LogP contribution in [0.25, 0.3) is 0 Å². The van der Waals surface area contributed by atoms with Crippen molar-refractivity contribution in [2.45, 2.75) is 53.6 Å². The Balaban J connectivity index is 2.80. The van der Waals surface area contributed by atoms with Crippen LogP contribution < -0.4 is 10.1 Å².